The van der Waals surface area contributed by atoms with E-state index in [2.05, 4.69) is 29.8 Å². The van der Waals surface area contributed by atoms with Gasteiger partial charge in [0, 0.05) is 32.2 Å². The molecule has 1 aromatic carbocycles. The quantitative estimate of drug-likeness (QED) is 0.819. The molecule has 1 atom stereocenters. The van der Waals surface area contributed by atoms with Gasteiger partial charge in [0.2, 0.25) is 0 Å². The second-order valence-electron chi connectivity index (χ2n) is 5.46. The van der Waals surface area contributed by atoms with Gasteiger partial charge in [-0.2, -0.15) is 5.26 Å². The van der Waals surface area contributed by atoms with Gasteiger partial charge in [0.05, 0.1) is 12.5 Å². The molecule has 0 radical (unpaired) electrons. The van der Waals surface area contributed by atoms with Crippen LogP contribution in [-0.4, -0.2) is 55.7 Å². The number of piperazine rings is 1. The number of nitrogens with zero attached hydrogens (tertiary/aromatic N) is 3. The molecule has 2 rings (SSSR count). The second-order valence-corrected chi connectivity index (χ2v) is 5.46. The predicted molar refractivity (Wildman–Crippen MR) is 79.8 cm³/mol. The van der Waals surface area contributed by atoms with Gasteiger partial charge in [0.15, 0.2) is 0 Å². The summed E-state index contributed by atoms with van der Waals surface area (Å²) in [6, 6.07) is 10.6. The van der Waals surface area contributed by atoms with Gasteiger partial charge < -0.3 is 9.64 Å². The molecule has 1 unspecified atom stereocenters. The Hall–Kier alpha value is -1.57. The van der Waals surface area contributed by atoms with Gasteiger partial charge in [-0.15, -0.1) is 0 Å². The molecule has 1 aliphatic heterocycles. The summed E-state index contributed by atoms with van der Waals surface area (Å²) in [5.41, 5.74) is 1.03. The minimum atomic E-state index is 0.458. The first kappa shape index (κ1) is 14.8. The van der Waals surface area contributed by atoms with Crippen LogP contribution in [0.2, 0.25) is 0 Å². The smallest absolute Gasteiger partial charge is 0.119 e. The number of hydrogen-bond acceptors (Lipinski definition) is 4. The Balaban J connectivity index is 1.72. The summed E-state index contributed by atoms with van der Waals surface area (Å²) in [6.45, 7) is 7.31. The Bertz CT molecular complexity index is 452. The van der Waals surface area contributed by atoms with E-state index in [0.29, 0.717) is 19.1 Å². The lowest BCUT2D eigenvalue weighted by atomic mass is 10.2. The Morgan fingerprint density at radius 1 is 1.30 bits per heavy atom. The average Bonchev–Trinajstić information content (AvgIpc) is 2.45. The maximum Gasteiger partial charge on any atom is 0.119 e. The molecule has 4 nitrogen and oxygen atoms in total. The summed E-state index contributed by atoms with van der Waals surface area (Å²) >= 11 is 0. The highest BCUT2D eigenvalue weighted by molar-refractivity contribution is 5.28. The normalized spacial score (nSPS) is 20.6. The molecule has 0 aromatic heterocycles. The summed E-state index contributed by atoms with van der Waals surface area (Å²) in [4.78, 5) is 4.85. The maximum absolute atomic E-state index is 8.62. The standard InChI is InChI=1S/C16H23N3O/c1-14-13-19(10-9-18(14)2)11-12-20-16-5-3-15(4-6-16)7-8-17/h3-6,14H,7,9-13H2,1-2H3. The Kier molecular flexibility index (Phi) is 5.40. The van der Waals surface area contributed by atoms with Crippen molar-refractivity contribution in [2.45, 2.75) is 19.4 Å². The number of nitriles is 1. The van der Waals surface area contributed by atoms with E-state index >= 15 is 0 Å². The van der Waals surface area contributed by atoms with Crippen LogP contribution in [0.15, 0.2) is 24.3 Å². The molecule has 0 aliphatic carbocycles. The second kappa shape index (κ2) is 7.28. The summed E-state index contributed by atoms with van der Waals surface area (Å²) in [5.74, 6) is 0.883. The lowest BCUT2D eigenvalue weighted by Crippen LogP contribution is -2.50. The van der Waals surface area contributed by atoms with E-state index in [-0.39, 0.29) is 0 Å². The molecule has 0 amide bonds. The monoisotopic (exact) mass is 273 g/mol. The largest absolute Gasteiger partial charge is 0.492 e. The van der Waals surface area contributed by atoms with Gasteiger partial charge in [-0.05, 0) is 31.7 Å². The molecule has 0 spiro atoms. The topological polar surface area (TPSA) is 39.5 Å². The molecule has 20 heavy (non-hydrogen) atoms. The highest BCUT2D eigenvalue weighted by atomic mass is 16.5. The minimum Gasteiger partial charge on any atom is -0.492 e. The molecule has 1 aromatic rings. The minimum absolute atomic E-state index is 0.458. The molecule has 1 aliphatic rings. The van der Waals surface area contributed by atoms with E-state index in [1.807, 2.05) is 24.3 Å². The van der Waals surface area contributed by atoms with Crippen molar-refractivity contribution in [3.63, 3.8) is 0 Å². The summed E-state index contributed by atoms with van der Waals surface area (Å²) in [7, 11) is 2.18. The van der Waals surface area contributed by atoms with E-state index in [1.165, 1.54) is 0 Å². The zero-order chi connectivity index (χ0) is 14.4. The molecular weight excluding hydrogens is 250 g/mol. The fourth-order valence-electron chi connectivity index (χ4n) is 2.41. The fraction of sp³-hybridized carbons (Fsp3) is 0.562. The summed E-state index contributed by atoms with van der Waals surface area (Å²) < 4.78 is 5.77. The number of ether oxygens (including phenoxy) is 1. The van der Waals surface area contributed by atoms with Crippen LogP contribution in [-0.2, 0) is 6.42 Å². The number of benzene rings is 1. The van der Waals surface area contributed by atoms with E-state index in [1.54, 1.807) is 0 Å². The van der Waals surface area contributed by atoms with Crippen LogP contribution in [0.25, 0.3) is 0 Å². The molecule has 1 heterocycles. The van der Waals surface area contributed by atoms with Gasteiger partial charge in [0.25, 0.3) is 0 Å². The third-order valence-corrected chi connectivity index (χ3v) is 3.93. The van der Waals surface area contributed by atoms with Gasteiger partial charge >= 0.3 is 0 Å². The molecule has 4 heteroatoms. The summed E-state index contributed by atoms with van der Waals surface area (Å²) in [6.07, 6.45) is 0.458. The van der Waals surface area contributed by atoms with E-state index in [0.717, 1.165) is 37.5 Å². The predicted octanol–water partition coefficient (Wildman–Crippen LogP) is 1.77. The van der Waals surface area contributed by atoms with E-state index in [4.69, 9.17) is 10.00 Å². The van der Waals surface area contributed by atoms with E-state index < -0.39 is 0 Å². The first-order chi connectivity index (χ1) is 9.69. The molecular formula is C16H23N3O. The van der Waals surface area contributed by atoms with Crippen LogP contribution in [0.1, 0.15) is 12.5 Å². The van der Waals surface area contributed by atoms with Crippen molar-refractivity contribution in [2.75, 3.05) is 39.8 Å². The van der Waals surface area contributed by atoms with E-state index in [9.17, 15) is 0 Å². The zero-order valence-corrected chi connectivity index (χ0v) is 12.4. The van der Waals surface area contributed by atoms with Crippen molar-refractivity contribution in [1.29, 1.82) is 5.26 Å². The lowest BCUT2D eigenvalue weighted by molar-refractivity contribution is 0.0928. The van der Waals surface area contributed by atoms with Crippen LogP contribution >= 0.6 is 0 Å². The Morgan fingerprint density at radius 3 is 2.70 bits per heavy atom. The van der Waals surface area contributed by atoms with Gasteiger partial charge in [-0.3, -0.25) is 4.90 Å². The molecule has 0 N–H and O–H groups in total. The van der Waals surface area contributed by atoms with Crippen molar-refractivity contribution < 1.29 is 4.74 Å². The molecule has 108 valence electrons. The SMILES string of the molecule is CC1CN(CCOc2ccc(CC#N)cc2)CCN1C. The highest BCUT2D eigenvalue weighted by Gasteiger charge is 2.19. The number of rotatable bonds is 5. The van der Waals surface area contributed by atoms with Crippen molar-refractivity contribution in [3.05, 3.63) is 29.8 Å². The van der Waals surface area contributed by atoms with Gasteiger partial charge in [-0.1, -0.05) is 12.1 Å². The average molecular weight is 273 g/mol. The zero-order valence-electron chi connectivity index (χ0n) is 12.4. The Labute approximate surface area is 121 Å². The van der Waals surface area contributed by atoms with Gasteiger partial charge in [-0.25, -0.2) is 0 Å². The van der Waals surface area contributed by atoms with Crippen molar-refractivity contribution in [2.24, 2.45) is 0 Å². The molecule has 0 bridgehead atoms. The number of likely N-dealkylation sites (N-methyl/N-ethyl adjacent to an activating group) is 1. The third kappa shape index (κ3) is 4.22. The fourth-order valence-corrected chi connectivity index (χ4v) is 2.41. The van der Waals surface area contributed by atoms with Crippen LogP contribution in [0.5, 0.6) is 5.75 Å². The van der Waals surface area contributed by atoms with Crippen molar-refractivity contribution in [1.82, 2.24) is 9.80 Å². The highest BCUT2D eigenvalue weighted by Crippen LogP contribution is 2.13. The summed E-state index contributed by atoms with van der Waals surface area (Å²) in [5, 5.41) is 8.62. The van der Waals surface area contributed by atoms with Crippen molar-refractivity contribution >= 4 is 0 Å². The van der Waals surface area contributed by atoms with Crippen LogP contribution in [0.4, 0.5) is 0 Å². The van der Waals surface area contributed by atoms with Gasteiger partial charge in [0.1, 0.15) is 12.4 Å². The maximum atomic E-state index is 8.62. The van der Waals surface area contributed by atoms with Crippen molar-refractivity contribution in [3.8, 4) is 11.8 Å². The molecule has 0 saturated carbocycles. The molecule has 1 saturated heterocycles. The molecule has 1 fully saturated rings. The van der Waals surface area contributed by atoms with Crippen LogP contribution < -0.4 is 4.74 Å². The van der Waals surface area contributed by atoms with Crippen LogP contribution in [0.3, 0.4) is 0 Å². The lowest BCUT2D eigenvalue weighted by Gasteiger charge is -2.37. The number of hydrogen-bond donors (Lipinski definition) is 0. The first-order valence-corrected chi connectivity index (χ1v) is 7.20. The Morgan fingerprint density at radius 2 is 2.05 bits per heavy atom. The third-order valence-electron chi connectivity index (χ3n) is 3.93. The van der Waals surface area contributed by atoms with Crippen LogP contribution in [0, 0.1) is 11.3 Å². The first-order valence-electron chi connectivity index (χ1n) is 7.20.